The highest BCUT2D eigenvalue weighted by molar-refractivity contribution is 8.00. The van der Waals surface area contributed by atoms with Crippen LogP contribution in [0.2, 0.25) is 0 Å². The molecule has 1 rings (SSSR count). The summed E-state index contributed by atoms with van der Waals surface area (Å²) in [5, 5.41) is 11.6. The molecule has 0 fully saturated rings. The number of amides is 1. The maximum atomic E-state index is 12.0. The summed E-state index contributed by atoms with van der Waals surface area (Å²) in [6, 6.07) is 0. The van der Waals surface area contributed by atoms with E-state index in [1.165, 1.54) is 11.8 Å². The molecule has 1 heterocycles. The van der Waals surface area contributed by atoms with Gasteiger partial charge in [-0.05, 0) is 19.8 Å². The third-order valence-corrected chi connectivity index (χ3v) is 3.98. The molecule has 0 spiro atoms. The van der Waals surface area contributed by atoms with Gasteiger partial charge in [-0.2, -0.15) is 0 Å². The Bertz CT molecular complexity index is 438. The molecular weight excluding hydrogens is 290 g/mol. The Balaban J connectivity index is 2.55. The molecule has 0 aliphatic rings. The maximum absolute atomic E-state index is 12.0. The van der Waals surface area contributed by atoms with Crippen LogP contribution in [0.3, 0.4) is 0 Å². The second-order valence-electron chi connectivity index (χ2n) is 4.65. The van der Waals surface area contributed by atoms with Crippen LogP contribution in [0.5, 0.6) is 0 Å². The molecule has 1 unspecified atom stereocenters. The first-order valence-corrected chi connectivity index (χ1v) is 8.07. The van der Waals surface area contributed by atoms with Crippen LogP contribution in [0.1, 0.15) is 32.5 Å². The lowest BCUT2D eigenvalue weighted by molar-refractivity contribution is -0.120. The van der Waals surface area contributed by atoms with Gasteiger partial charge in [0.25, 0.3) is 0 Å². The van der Waals surface area contributed by atoms with E-state index in [0.717, 1.165) is 30.4 Å². The van der Waals surface area contributed by atoms with E-state index in [-0.39, 0.29) is 11.2 Å². The van der Waals surface area contributed by atoms with Crippen LogP contribution in [-0.4, -0.2) is 46.2 Å². The molecule has 0 radical (unpaired) electrons. The van der Waals surface area contributed by atoms with Gasteiger partial charge >= 0.3 is 0 Å². The number of nitrogens with one attached hydrogen (secondary N) is 1. The summed E-state index contributed by atoms with van der Waals surface area (Å²) < 4.78 is 6.93. The number of thioether (sulfide) groups is 1. The van der Waals surface area contributed by atoms with Crippen LogP contribution in [0, 0.1) is 0 Å². The van der Waals surface area contributed by atoms with Crippen LogP contribution < -0.4 is 11.1 Å². The quantitative estimate of drug-likeness (QED) is 0.489. The van der Waals surface area contributed by atoms with Crippen LogP contribution in [0.4, 0.5) is 0 Å². The molecule has 0 bridgehead atoms. The van der Waals surface area contributed by atoms with Crippen molar-refractivity contribution in [2.45, 2.75) is 50.2 Å². The molecule has 1 aromatic heterocycles. The first-order valence-electron chi connectivity index (χ1n) is 7.19. The Hall–Kier alpha value is -1.12. The number of carbonyl (C=O) groups excluding carboxylic acids is 1. The van der Waals surface area contributed by atoms with Crippen LogP contribution in [0.25, 0.3) is 0 Å². The lowest BCUT2D eigenvalue weighted by atomic mass is 10.4. The number of nitrogens with two attached hydrogens (primary N) is 1. The van der Waals surface area contributed by atoms with Crippen LogP contribution >= 0.6 is 11.8 Å². The molecule has 0 saturated carbocycles. The zero-order valence-electron chi connectivity index (χ0n) is 13.0. The fraction of sp³-hybridized carbons (Fsp3) is 0.769. The van der Waals surface area contributed by atoms with Gasteiger partial charge in [-0.3, -0.25) is 4.79 Å². The SMILES string of the molecule is CCCn1c(CN)nnc1SC(C)C(=O)NCCCOC. The van der Waals surface area contributed by atoms with E-state index in [1.54, 1.807) is 7.11 Å². The first-order chi connectivity index (χ1) is 10.1. The normalized spacial score (nSPS) is 12.4. The third-order valence-electron chi connectivity index (χ3n) is 2.90. The Kier molecular flexibility index (Phi) is 8.33. The van der Waals surface area contributed by atoms with E-state index in [4.69, 9.17) is 10.5 Å². The predicted molar refractivity (Wildman–Crippen MR) is 83.0 cm³/mol. The molecule has 120 valence electrons. The second kappa shape index (κ2) is 9.75. The first kappa shape index (κ1) is 17.9. The standard InChI is InChI=1S/C13H25N5O2S/c1-4-7-18-11(9-14)16-17-13(18)21-10(2)12(19)15-6-5-8-20-3/h10H,4-9,14H2,1-3H3,(H,15,19). The maximum Gasteiger partial charge on any atom is 0.233 e. The zero-order chi connectivity index (χ0) is 15.7. The van der Waals surface area contributed by atoms with E-state index < -0.39 is 0 Å². The monoisotopic (exact) mass is 315 g/mol. The van der Waals surface area contributed by atoms with Crippen molar-refractivity contribution < 1.29 is 9.53 Å². The van der Waals surface area contributed by atoms with Crippen molar-refractivity contribution >= 4 is 17.7 Å². The molecule has 0 aliphatic carbocycles. The van der Waals surface area contributed by atoms with Crippen molar-refractivity contribution in [2.75, 3.05) is 20.3 Å². The van der Waals surface area contributed by atoms with Gasteiger partial charge in [0.15, 0.2) is 5.16 Å². The van der Waals surface area contributed by atoms with Gasteiger partial charge in [0, 0.05) is 26.8 Å². The second-order valence-corrected chi connectivity index (χ2v) is 5.96. The molecule has 3 N–H and O–H groups in total. The van der Waals surface area contributed by atoms with Gasteiger partial charge in [0.2, 0.25) is 5.91 Å². The van der Waals surface area contributed by atoms with Crippen LogP contribution in [0.15, 0.2) is 5.16 Å². The number of hydrogen-bond acceptors (Lipinski definition) is 6. The summed E-state index contributed by atoms with van der Waals surface area (Å²) in [7, 11) is 1.65. The molecule has 1 aromatic rings. The average Bonchev–Trinajstić information content (AvgIpc) is 2.86. The van der Waals surface area contributed by atoms with Gasteiger partial charge in [-0.15, -0.1) is 10.2 Å². The largest absolute Gasteiger partial charge is 0.385 e. The summed E-state index contributed by atoms with van der Waals surface area (Å²) in [5.41, 5.74) is 5.66. The summed E-state index contributed by atoms with van der Waals surface area (Å²) in [4.78, 5) is 12.0. The highest BCUT2D eigenvalue weighted by atomic mass is 32.2. The smallest absolute Gasteiger partial charge is 0.233 e. The number of nitrogens with zero attached hydrogens (tertiary/aromatic N) is 3. The topological polar surface area (TPSA) is 95.1 Å². The molecular formula is C13H25N5O2S. The molecule has 0 saturated heterocycles. The van der Waals surface area contributed by atoms with E-state index in [1.807, 2.05) is 11.5 Å². The van der Waals surface area contributed by atoms with Gasteiger partial charge in [-0.1, -0.05) is 18.7 Å². The lowest BCUT2D eigenvalue weighted by Crippen LogP contribution is -2.32. The summed E-state index contributed by atoms with van der Waals surface area (Å²) >= 11 is 1.41. The zero-order valence-corrected chi connectivity index (χ0v) is 13.8. The van der Waals surface area contributed by atoms with Crippen molar-refractivity contribution in [3.05, 3.63) is 5.82 Å². The molecule has 1 amide bonds. The van der Waals surface area contributed by atoms with Gasteiger partial charge < -0.3 is 20.4 Å². The predicted octanol–water partition coefficient (Wildman–Crippen LogP) is 0.780. The van der Waals surface area contributed by atoms with Gasteiger partial charge in [-0.25, -0.2) is 0 Å². The molecule has 0 aliphatic heterocycles. The highest BCUT2D eigenvalue weighted by Gasteiger charge is 2.19. The number of hydrogen-bond donors (Lipinski definition) is 2. The van der Waals surface area contributed by atoms with E-state index in [0.29, 0.717) is 19.7 Å². The number of ether oxygens (including phenoxy) is 1. The van der Waals surface area contributed by atoms with Crippen molar-refractivity contribution in [1.29, 1.82) is 0 Å². The number of aromatic nitrogens is 3. The van der Waals surface area contributed by atoms with E-state index >= 15 is 0 Å². The minimum Gasteiger partial charge on any atom is -0.385 e. The molecule has 8 heteroatoms. The minimum atomic E-state index is -0.224. The fourth-order valence-corrected chi connectivity index (χ4v) is 2.71. The van der Waals surface area contributed by atoms with Crippen molar-refractivity contribution in [3.8, 4) is 0 Å². The summed E-state index contributed by atoms with van der Waals surface area (Å²) in [6.07, 6.45) is 1.78. The average molecular weight is 315 g/mol. The minimum absolute atomic E-state index is 0.00329. The Labute approximate surface area is 130 Å². The Morgan fingerprint density at radius 1 is 1.52 bits per heavy atom. The third kappa shape index (κ3) is 5.64. The number of methoxy groups -OCH3 is 1. The summed E-state index contributed by atoms with van der Waals surface area (Å²) in [6.45, 7) is 6.37. The van der Waals surface area contributed by atoms with E-state index in [2.05, 4.69) is 22.4 Å². The van der Waals surface area contributed by atoms with E-state index in [9.17, 15) is 4.79 Å². The van der Waals surface area contributed by atoms with Crippen molar-refractivity contribution in [1.82, 2.24) is 20.1 Å². The fourth-order valence-electron chi connectivity index (χ4n) is 1.79. The summed E-state index contributed by atoms with van der Waals surface area (Å²) in [5.74, 6) is 0.753. The molecule has 7 nitrogen and oxygen atoms in total. The lowest BCUT2D eigenvalue weighted by Gasteiger charge is -2.13. The molecule has 21 heavy (non-hydrogen) atoms. The Morgan fingerprint density at radius 2 is 2.29 bits per heavy atom. The molecule has 1 atom stereocenters. The van der Waals surface area contributed by atoms with Crippen LogP contribution in [-0.2, 0) is 22.6 Å². The Morgan fingerprint density at radius 3 is 2.90 bits per heavy atom. The highest BCUT2D eigenvalue weighted by Crippen LogP contribution is 2.22. The van der Waals surface area contributed by atoms with Crippen molar-refractivity contribution in [3.63, 3.8) is 0 Å². The number of carbonyl (C=O) groups is 1. The number of rotatable bonds is 10. The van der Waals surface area contributed by atoms with Gasteiger partial charge in [0.05, 0.1) is 11.8 Å². The van der Waals surface area contributed by atoms with Crippen molar-refractivity contribution in [2.24, 2.45) is 5.73 Å². The van der Waals surface area contributed by atoms with Gasteiger partial charge in [0.1, 0.15) is 5.82 Å². The molecule has 0 aromatic carbocycles.